The number of aromatic nitrogens is 1. The highest BCUT2D eigenvalue weighted by Crippen LogP contribution is 2.24. The lowest BCUT2D eigenvalue weighted by Gasteiger charge is -2.33. The van der Waals surface area contributed by atoms with Crippen LogP contribution in [0.25, 0.3) is 0 Å². The molecule has 0 bridgehead atoms. The number of nitrogens with zero attached hydrogens (tertiary/aromatic N) is 2. The Morgan fingerprint density at radius 2 is 2.05 bits per heavy atom. The monoisotopic (exact) mass is 268 g/mol. The lowest BCUT2D eigenvalue weighted by Crippen LogP contribution is -2.41. The molecule has 1 aromatic heterocycles. The van der Waals surface area contributed by atoms with Crippen molar-refractivity contribution in [3.8, 4) is 0 Å². The fourth-order valence-corrected chi connectivity index (χ4v) is 2.70. The molecular weight excluding hydrogens is 250 g/mol. The molecule has 0 N–H and O–H groups in total. The lowest BCUT2D eigenvalue weighted by molar-refractivity contribution is 0.0641. The van der Waals surface area contributed by atoms with Gasteiger partial charge in [-0.1, -0.05) is 19.3 Å². The average Bonchev–Trinajstić information content (AvgIpc) is 2.44. The Morgan fingerprint density at radius 1 is 1.37 bits per heavy atom. The average molecular weight is 268 g/mol. The van der Waals surface area contributed by atoms with Crippen molar-refractivity contribution in [2.75, 3.05) is 6.54 Å². The number of carbonyl (C=O) groups is 1. The van der Waals surface area contributed by atoms with Crippen molar-refractivity contribution >= 4 is 5.91 Å². The van der Waals surface area contributed by atoms with Crippen LogP contribution in [0.4, 0.5) is 8.78 Å². The van der Waals surface area contributed by atoms with Gasteiger partial charge in [-0.2, -0.15) is 4.39 Å². The fourth-order valence-electron chi connectivity index (χ4n) is 2.70. The molecule has 1 amide bonds. The van der Waals surface area contributed by atoms with Crippen LogP contribution in [0, 0.1) is 11.8 Å². The zero-order valence-corrected chi connectivity index (χ0v) is 11.0. The minimum absolute atomic E-state index is 0.141. The Labute approximate surface area is 111 Å². The molecule has 3 nitrogen and oxygen atoms in total. The Bertz CT molecular complexity index is 459. The van der Waals surface area contributed by atoms with Crippen LogP contribution < -0.4 is 0 Å². The Kier molecular flexibility index (Phi) is 4.45. The third kappa shape index (κ3) is 2.91. The smallest absolute Gasteiger partial charge is 0.257 e. The first-order valence-electron chi connectivity index (χ1n) is 6.76. The summed E-state index contributed by atoms with van der Waals surface area (Å²) in [5.74, 6) is -2.81. The first kappa shape index (κ1) is 13.9. The van der Waals surface area contributed by atoms with Crippen molar-refractivity contribution in [3.63, 3.8) is 0 Å². The maximum Gasteiger partial charge on any atom is 0.257 e. The molecule has 0 aliphatic heterocycles. The van der Waals surface area contributed by atoms with Crippen molar-refractivity contribution in [2.45, 2.75) is 45.1 Å². The molecule has 0 radical (unpaired) electrons. The third-order valence-electron chi connectivity index (χ3n) is 3.69. The van der Waals surface area contributed by atoms with E-state index < -0.39 is 17.7 Å². The second-order valence-corrected chi connectivity index (χ2v) is 4.85. The molecule has 1 aliphatic rings. The predicted molar refractivity (Wildman–Crippen MR) is 67.7 cm³/mol. The van der Waals surface area contributed by atoms with Crippen LogP contribution in [0.5, 0.6) is 0 Å². The molecule has 1 fully saturated rings. The summed E-state index contributed by atoms with van der Waals surface area (Å²) in [6, 6.07) is 1.38. The summed E-state index contributed by atoms with van der Waals surface area (Å²) in [7, 11) is 0. The lowest BCUT2D eigenvalue weighted by atomic mass is 9.93. The zero-order valence-electron chi connectivity index (χ0n) is 11.0. The van der Waals surface area contributed by atoms with Gasteiger partial charge in [0.05, 0.1) is 5.56 Å². The van der Waals surface area contributed by atoms with Gasteiger partial charge in [0.15, 0.2) is 5.82 Å². The number of halogens is 2. The van der Waals surface area contributed by atoms with E-state index in [1.807, 2.05) is 6.92 Å². The van der Waals surface area contributed by atoms with E-state index in [4.69, 9.17) is 0 Å². The molecule has 104 valence electrons. The molecule has 1 aromatic rings. The topological polar surface area (TPSA) is 33.2 Å². The zero-order chi connectivity index (χ0) is 13.8. The van der Waals surface area contributed by atoms with E-state index in [2.05, 4.69) is 4.98 Å². The van der Waals surface area contributed by atoms with Crippen molar-refractivity contribution in [2.24, 2.45) is 0 Å². The summed E-state index contributed by atoms with van der Waals surface area (Å²) in [5.41, 5.74) is -0.222. The molecule has 2 rings (SSSR count). The summed E-state index contributed by atoms with van der Waals surface area (Å²) >= 11 is 0. The van der Waals surface area contributed by atoms with Crippen molar-refractivity contribution in [3.05, 3.63) is 29.6 Å². The van der Waals surface area contributed by atoms with Gasteiger partial charge in [-0.15, -0.1) is 0 Å². The summed E-state index contributed by atoms with van der Waals surface area (Å²) in [6.07, 6.45) is 6.35. The molecular formula is C14H18F2N2O. The molecule has 0 aromatic carbocycles. The largest absolute Gasteiger partial charge is 0.336 e. The standard InChI is InChI=1S/C14H18F2N2O/c1-2-18(10-6-4-3-5-7-10)14(19)11-8-9-17-13(16)12(11)15/h8-10H,2-7H2,1H3. The van der Waals surface area contributed by atoms with Crippen molar-refractivity contribution < 1.29 is 13.6 Å². The first-order chi connectivity index (χ1) is 9.15. The molecule has 19 heavy (non-hydrogen) atoms. The summed E-state index contributed by atoms with van der Waals surface area (Å²) in [6.45, 7) is 2.37. The summed E-state index contributed by atoms with van der Waals surface area (Å²) in [4.78, 5) is 17.2. The molecule has 1 saturated carbocycles. The van der Waals surface area contributed by atoms with Crippen molar-refractivity contribution in [1.82, 2.24) is 9.88 Å². The highest BCUT2D eigenvalue weighted by Gasteiger charge is 2.27. The normalized spacial score (nSPS) is 16.4. The van der Waals surface area contributed by atoms with E-state index >= 15 is 0 Å². The number of carbonyl (C=O) groups excluding carboxylic acids is 1. The second-order valence-electron chi connectivity index (χ2n) is 4.85. The molecule has 0 atom stereocenters. The third-order valence-corrected chi connectivity index (χ3v) is 3.69. The minimum Gasteiger partial charge on any atom is -0.336 e. The molecule has 5 heteroatoms. The number of rotatable bonds is 3. The first-order valence-corrected chi connectivity index (χ1v) is 6.76. The summed E-state index contributed by atoms with van der Waals surface area (Å²) < 4.78 is 26.7. The maximum atomic E-state index is 13.6. The number of amides is 1. The van der Waals surface area contributed by atoms with E-state index in [0.29, 0.717) is 6.54 Å². The van der Waals surface area contributed by atoms with Gasteiger partial charge in [-0.3, -0.25) is 4.79 Å². The number of hydrogen-bond acceptors (Lipinski definition) is 2. The van der Waals surface area contributed by atoms with Crippen LogP contribution >= 0.6 is 0 Å². The number of pyridine rings is 1. The minimum atomic E-state index is -1.22. The van der Waals surface area contributed by atoms with Gasteiger partial charge in [-0.25, -0.2) is 9.37 Å². The van der Waals surface area contributed by atoms with Gasteiger partial charge in [-0.05, 0) is 25.8 Å². The van der Waals surface area contributed by atoms with Crippen LogP contribution in [0.3, 0.4) is 0 Å². The van der Waals surface area contributed by atoms with E-state index in [-0.39, 0.29) is 11.6 Å². The van der Waals surface area contributed by atoms with Gasteiger partial charge in [0.25, 0.3) is 5.91 Å². The van der Waals surface area contributed by atoms with Crippen LogP contribution in [-0.2, 0) is 0 Å². The molecule has 1 aliphatic carbocycles. The van der Waals surface area contributed by atoms with E-state index in [1.54, 1.807) is 4.90 Å². The quantitative estimate of drug-likeness (QED) is 0.789. The van der Waals surface area contributed by atoms with Crippen LogP contribution in [-0.4, -0.2) is 28.4 Å². The van der Waals surface area contributed by atoms with Gasteiger partial charge < -0.3 is 4.90 Å². The van der Waals surface area contributed by atoms with Gasteiger partial charge in [0.2, 0.25) is 5.95 Å². The Morgan fingerprint density at radius 3 is 2.68 bits per heavy atom. The van der Waals surface area contributed by atoms with E-state index in [9.17, 15) is 13.6 Å². The Balaban J connectivity index is 2.22. The maximum absolute atomic E-state index is 13.6. The summed E-state index contributed by atoms with van der Waals surface area (Å²) in [5, 5.41) is 0. The van der Waals surface area contributed by atoms with E-state index in [0.717, 1.165) is 31.9 Å². The van der Waals surface area contributed by atoms with Crippen molar-refractivity contribution in [1.29, 1.82) is 0 Å². The van der Waals surface area contributed by atoms with Crippen LogP contribution in [0.15, 0.2) is 12.3 Å². The van der Waals surface area contributed by atoms with Crippen LogP contribution in [0.1, 0.15) is 49.4 Å². The Hall–Kier alpha value is -1.52. The number of hydrogen-bond donors (Lipinski definition) is 0. The highest BCUT2D eigenvalue weighted by molar-refractivity contribution is 5.94. The molecule has 0 spiro atoms. The predicted octanol–water partition coefficient (Wildman–Crippen LogP) is 3.15. The molecule has 0 unspecified atom stereocenters. The van der Waals surface area contributed by atoms with Gasteiger partial charge >= 0.3 is 0 Å². The molecule has 0 saturated heterocycles. The molecule has 1 heterocycles. The van der Waals surface area contributed by atoms with Gasteiger partial charge in [0, 0.05) is 18.8 Å². The van der Waals surface area contributed by atoms with Crippen LogP contribution in [0.2, 0.25) is 0 Å². The SMILES string of the molecule is CCN(C(=O)c1ccnc(F)c1F)C1CCCCC1. The highest BCUT2D eigenvalue weighted by atomic mass is 19.2. The van der Waals surface area contributed by atoms with E-state index in [1.165, 1.54) is 12.5 Å². The van der Waals surface area contributed by atoms with Gasteiger partial charge in [0.1, 0.15) is 0 Å². The fraction of sp³-hybridized carbons (Fsp3) is 0.571. The second kappa shape index (κ2) is 6.08.